The van der Waals surface area contributed by atoms with E-state index < -0.39 is 17.2 Å². The average Bonchev–Trinajstić information content (AvgIpc) is 3.12. The molecule has 28 heavy (non-hydrogen) atoms. The molecule has 3 aromatic rings. The topological polar surface area (TPSA) is 102 Å². The molecule has 2 aromatic carbocycles. The summed E-state index contributed by atoms with van der Waals surface area (Å²) in [6.07, 6.45) is 0. The summed E-state index contributed by atoms with van der Waals surface area (Å²) in [6, 6.07) is 14.5. The fourth-order valence-electron chi connectivity index (χ4n) is 2.52. The number of urea groups is 1. The molecule has 0 aliphatic carbocycles. The first kappa shape index (κ1) is 19.6. The average molecular weight is 396 g/mol. The zero-order chi connectivity index (χ0) is 20.1. The number of rotatable bonds is 5. The van der Waals surface area contributed by atoms with Gasteiger partial charge in [0, 0.05) is 5.69 Å². The molecule has 8 nitrogen and oxygen atoms in total. The number of anilines is 1. The number of para-hydroxylation sites is 1. The van der Waals surface area contributed by atoms with Gasteiger partial charge >= 0.3 is 6.03 Å². The van der Waals surface area contributed by atoms with Gasteiger partial charge in [-0.3, -0.25) is 10.1 Å². The van der Waals surface area contributed by atoms with Crippen LogP contribution in [0.4, 0.5) is 10.5 Å². The maximum absolute atomic E-state index is 12.4. The van der Waals surface area contributed by atoms with Crippen LogP contribution >= 0.6 is 11.8 Å². The van der Waals surface area contributed by atoms with Crippen LogP contribution in [0.25, 0.3) is 5.69 Å². The summed E-state index contributed by atoms with van der Waals surface area (Å²) >= 11 is 1.17. The number of hydrogen-bond donors (Lipinski definition) is 2. The Morgan fingerprint density at radius 3 is 2.57 bits per heavy atom. The number of carbonyl (C=O) groups is 2. The lowest BCUT2D eigenvalue weighted by atomic mass is 10.1. The van der Waals surface area contributed by atoms with Gasteiger partial charge in [0.15, 0.2) is 0 Å². The largest absolute Gasteiger partial charge is 0.325 e. The molecule has 1 aromatic heterocycles. The van der Waals surface area contributed by atoms with E-state index in [0.717, 1.165) is 16.8 Å². The molecule has 0 bridgehead atoms. The lowest BCUT2D eigenvalue weighted by Gasteiger charge is -2.13. The van der Waals surface area contributed by atoms with Crippen molar-refractivity contribution in [2.75, 3.05) is 5.32 Å². The molecule has 144 valence electrons. The van der Waals surface area contributed by atoms with E-state index in [1.807, 2.05) is 56.3 Å². The summed E-state index contributed by atoms with van der Waals surface area (Å²) in [4.78, 5) is 24.5. The van der Waals surface area contributed by atoms with Crippen molar-refractivity contribution in [2.45, 2.75) is 31.2 Å². The van der Waals surface area contributed by atoms with Gasteiger partial charge in [0.2, 0.25) is 11.1 Å². The molecule has 0 fully saturated rings. The van der Waals surface area contributed by atoms with Crippen LogP contribution in [-0.2, 0) is 4.79 Å². The lowest BCUT2D eigenvalue weighted by molar-refractivity contribution is -0.119. The van der Waals surface area contributed by atoms with Crippen LogP contribution in [0.15, 0.2) is 53.7 Å². The van der Waals surface area contributed by atoms with Crippen molar-refractivity contribution in [3.63, 3.8) is 0 Å². The predicted molar refractivity (Wildman–Crippen MR) is 108 cm³/mol. The molecular weight excluding hydrogens is 376 g/mol. The Morgan fingerprint density at radius 1 is 1.11 bits per heavy atom. The van der Waals surface area contributed by atoms with Crippen LogP contribution in [0.1, 0.15) is 18.1 Å². The molecule has 9 heteroatoms. The van der Waals surface area contributed by atoms with E-state index in [4.69, 9.17) is 0 Å². The van der Waals surface area contributed by atoms with E-state index >= 15 is 0 Å². The highest BCUT2D eigenvalue weighted by atomic mass is 32.2. The van der Waals surface area contributed by atoms with Crippen molar-refractivity contribution < 1.29 is 9.59 Å². The Balaban J connectivity index is 1.61. The van der Waals surface area contributed by atoms with Crippen LogP contribution < -0.4 is 10.6 Å². The third-order valence-corrected chi connectivity index (χ3v) is 4.99. The summed E-state index contributed by atoms with van der Waals surface area (Å²) in [5.74, 6) is -0.435. The van der Waals surface area contributed by atoms with E-state index in [2.05, 4.69) is 26.2 Å². The molecule has 0 aliphatic heterocycles. The van der Waals surface area contributed by atoms with Gasteiger partial charge in [0.1, 0.15) is 0 Å². The first-order valence-electron chi connectivity index (χ1n) is 8.63. The van der Waals surface area contributed by atoms with E-state index in [-0.39, 0.29) is 0 Å². The van der Waals surface area contributed by atoms with Crippen molar-refractivity contribution in [3.8, 4) is 5.69 Å². The number of carbonyl (C=O) groups excluding carboxylic acids is 2. The number of aryl methyl sites for hydroxylation is 2. The molecule has 0 saturated carbocycles. The number of aromatic nitrogens is 4. The first-order chi connectivity index (χ1) is 13.4. The van der Waals surface area contributed by atoms with Gasteiger partial charge in [-0.25, -0.2) is 4.79 Å². The van der Waals surface area contributed by atoms with Gasteiger partial charge in [0.05, 0.1) is 10.9 Å². The lowest BCUT2D eigenvalue weighted by Crippen LogP contribution is -2.39. The third kappa shape index (κ3) is 4.74. The Bertz CT molecular complexity index is 989. The molecular formula is C19H20N6O2S. The quantitative estimate of drug-likeness (QED) is 0.643. The number of tetrazole rings is 1. The fourth-order valence-corrected chi connectivity index (χ4v) is 3.32. The molecule has 0 saturated heterocycles. The van der Waals surface area contributed by atoms with Gasteiger partial charge in [-0.2, -0.15) is 4.68 Å². The smallest absolute Gasteiger partial charge is 0.307 e. The predicted octanol–water partition coefficient (Wildman–Crippen LogP) is 3.11. The van der Waals surface area contributed by atoms with E-state index in [1.165, 1.54) is 11.8 Å². The zero-order valence-corrected chi connectivity index (χ0v) is 16.5. The number of nitrogens with zero attached hydrogens (tertiary/aromatic N) is 4. The van der Waals surface area contributed by atoms with E-state index in [0.29, 0.717) is 10.8 Å². The number of amides is 3. The molecule has 1 heterocycles. The summed E-state index contributed by atoms with van der Waals surface area (Å²) < 4.78 is 1.55. The van der Waals surface area contributed by atoms with Crippen LogP contribution in [-0.4, -0.2) is 37.4 Å². The van der Waals surface area contributed by atoms with Crippen molar-refractivity contribution in [1.82, 2.24) is 25.5 Å². The Labute approximate surface area is 166 Å². The maximum Gasteiger partial charge on any atom is 0.325 e. The number of imide groups is 1. The monoisotopic (exact) mass is 396 g/mol. The number of hydrogen-bond acceptors (Lipinski definition) is 6. The van der Waals surface area contributed by atoms with Crippen molar-refractivity contribution >= 4 is 29.4 Å². The van der Waals surface area contributed by atoms with Gasteiger partial charge in [-0.05, 0) is 55.0 Å². The van der Waals surface area contributed by atoms with Crippen molar-refractivity contribution in [2.24, 2.45) is 0 Å². The van der Waals surface area contributed by atoms with Crippen LogP contribution in [0, 0.1) is 13.8 Å². The second-order valence-corrected chi connectivity index (χ2v) is 7.54. The summed E-state index contributed by atoms with van der Waals surface area (Å²) in [6.45, 7) is 5.56. The minimum Gasteiger partial charge on any atom is -0.307 e. The molecule has 0 aliphatic rings. The minimum atomic E-state index is -0.577. The summed E-state index contributed by atoms with van der Waals surface area (Å²) in [5, 5.41) is 16.5. The number of benzene rings is 2. The highest BCUT2D eigenvalue weighted by molar-refractivity contribution is 8.00. The van der Waals surface area contributed by atoms with Gasteiger partial charge in [-0.1, -0.05) is 47.7 Å². The highest BCUT2D eigenvalue weighted by Gasteiger charge is 2.21. The molecule has 0 spiro atoms. The van der Waals surface area contributed by atoms with E-state index in [9.17, 15) is 9.59 Å². The Hall–Kier alpha value is -3.20. The van der Waals surface area contributed by atoms with Crippen LogP contribution in [0.5, 0.6) is 0 Å². The van der Waals surface area contributed by atoms with Crippen molar-refractivity contribution in [1.29, 1.82) is 0 Å². The molecule has 1 unspecified atom stereocenters. The number of thioether (sulfide) groups is 1. The normalized spacial score (nSPS) is 11.7. The SMILES string of the molecule is Cc1ccc(NC(=O)NC(=O)C(C)Sc2nnnn2-c2ccccc2)c(C)c1. The van der Waals surface area contributed by atoms with Gasteiger partial charge < -0.3 is 5.32 Å². The molecule has 2 N–H and O–H groups in total. The third-order valence-electron chi connectivity index (χ3n) is 3.96. The molecule has 3 amide bonds. The Kier molecular flexibility index (Phi) is 6.05. The minimum absolute atomic E-state index is 0.435. The fraction of sp³-hybridized carbons (Fsp3) is 0.211. The molecule has 0 radical (unpaired) electrons. The zero-order valence-electron chi connectivity index (χ0n) is 15.7. The first-order valence-corrected chi connectivity index (χ1v) is 9.51. The van der Waals surface area contributed by atoms with E-state index in [1.54, 1.807) is 17.7 Å². The second-order valence-electron chi connectivity index (χ2n) is 6.23. The van der Waals surface area contributed by atoms with Crippen LogP contribution in [0.3, 0.4) is 0 Å². The van der Waals surface area contributed by atoms with Gasteiger partial charge in [0.25, 0.3) is 0 Å². The Morgan fingerprint density at radius 2 is 1.86 bits per heavy atom. The summed E-state index contributed by atoms with van der Waals surface area (Å²) in [7, 11) is 0. The maximum atomic E-state index is 12.4. The second kappa shape index (κ2) is 8.66. The molecule has 1 atom stereocenters. The van der Waals surface area contributed by atoms with Crippen molar-refractivity contribution in [3.05, 3.63) is 59.7 Å². The number of nitrogens with one attached hydrogen (secondary N) is 2. The highest BCUT2D eigenvalue weighted by Crippen LogP contribution is 2.23. The van der Waals surface area contributed by atoms with Gasteiger partial charge in [-0.15, -0.1) is 5.10 Å². The van der Waals surface area contributed by atoms with Crippen LogP contribution in [0.2, 0.25) is 0 Å². The molecule has 3 rings (SSSR count). The summed E-state index contributed by atoms with van der Waals surface area (Å²) in [5.41, 5.74) is 3.46. The standard InChI is InChI=1S/C19H20N6O2S/c1-12-9-10-16(13(2)11-12)20-18(27)21-17(26)14(3)28-19-22-23-24-25(19)15-7-5-4-6-8-15/h4-11,14H,1-3H3,(H2,20,21,26,27).